The number of nitrogens with zero attached hydrogens (tertiary/aromatic N) is 1. The fourth-order valence-corrected chi connectivity index (χ4v) is 1.88. The van der Waals surface area contributed by atoms with Gasteiger partial charge in [0.15, 0.2) is 0 Å². The molecular formula is C12H10BrFN2O. The van der Waals surface area contributed by atoms with Crippen LogP contribution in [0.3, 0.4) is 0 Å². The van der Waals surface area contributed by atoms with Gasteiger partial charge in [-0.2, -0.15) is 0 Å². The quantitative estimate of drug-likeness (QED) is 0.865. The van der Waals surface area contributed by atoms with E-state index in [1.807, 2.05) is 0 Å². The van der Waals surface area contributed by atoms with Crippen LogP contribution in [-0.4, -0.2) is 4.57 Å². The maximum absolute atomic E-state index is 13.2. The Kier molecular flexibility index (Phi) is 3.28. The summed E-state index contributed by atoms with van der Waals surface area (Å²) in [6.45, 7) is 0.315. The lowest BCUT2D eigenvalue weighted by Crippen LogP contribution is -2.20. The normalized spacial score (nSPS) is 10.5. The van der Waals surface area contributed by atoms with Gasteiger partial charge in [0.05, 0.1) is 16.7 Å². The van der Waals surface area contributed by atoms with Crippen LogP contribution in [0.25, 0.3) is 0 Å². The summed E-state index contributed by atoms with van der Waals surface area (Å²) in [4.78, 5) is 11.7. The Morgan fingerprint density at radius 1 is 1.35 bits per heavy atom. The molecule has 0 saturated heterocycles. The average Bonchev–Trinajstić information content (AvgIpc) is 2.30. The van der Waals surface area contributed by atoms with Crippen LogP contribution >= 0.6 is 15.9 Å². The number of rotatable bonds is 2. The molecule has 3 nitrogen and oxygen atoms in total. The molecule has 1 aromatic heterocycles. The largest absolute Gasteiger partial charge is 0.396 e. The van der Waals surface area contributed by atoms with E-state index in [9.17, 15) is 9.18 Å². The highest BCUT2D eigenvalue weighted by atomic mass is 79.9. The Bertz CT molecular complexity index is 610. The summed E-state index contributed by atoms with van der Waals surface area (Å²) in [6, 6.07) is 7.95. The second kappa shape index (κ2) is 4.71. The van der Waals surface area contributed by atoms with Crippen LogP contribution in [0.4, 0.5) is 10.1 Å². The fraction of sp³-hybridized carbons (Fsp3) is 0.0833. The number of benzene rings is 1. The van der Waals surface area contributed by atoms with Crippen molar-refractivity contribution in [1.29, 1.82) is 0 Å². The summed E-state index contributed by atoms with van der Waals surface area (Å²) in [5.74, 6) is -0.467. The van der Waals surface area contributed by atoms with Crippen molar-refractivity contribution in [1.82, 2.24) is 4.57 Å². The van der Waals surface area contributed by atoms with Gasteiger partial charge in [0.25, 0.3) is 5.56 Å². The molecular weight excluding hydrogens is 287 g/mol. The fourth-order valence-electron chi connectivity index (χ4n) is 1.50. The smallest absolute Gasteiger partial charge is 0.265 e. The van der Waals surface area contributed by atoms with Crippen molar-refractivity contribution in [2.75, 3.05) is 5.73 Å². The zero-order valence-electron chi connectivity index (χ0n) is 8.86. The number of nitrogens with two attached hydrogens (primary N) is 1. The number of anilines is 1. The van der Waals surface area contributed by atoms with E-state index in [0.717, 1.165) is 0 Å². The lowest BCUT2D eigenvalue weighted by molar-refractivity contribution is 0.627. The van der Waals surface area contributed by atoms with Gasteiger partial charge in [-0.1, -0.05) is 6.07 Å². The van der Waals surface area contributed by atoms with Gasteiger partial charge in [-0.3, -0.25) is 4.79 Å². The van der Waals surface area contributed by atoms with Gasteiger partial charge >= 0.3 is 0 Å². The molecule has 0 fully saturated rings. The third kappa shape index (κ3) is 2.55. The first-order valence-corrected chi connectivity index (χ1v) is 5.76. The van der Waals surface area contributed by atoms with Crippen LogP contribution in [0.5, 0.6) is 0 Å². The molecule has 0 unspecified atom stereocenters. The zero-order chi connectivity index (χ0) is 12.4. The number of hydrogen-bond acceptors (Lipinski definition) is 2. The minimum absolute atomic E-state index is 0.107. The van der Waals surface area contributed by atoms with Crippen LogP contribution in [0.1, 0.15) is 5.56 Å². The van der Waals surface area contributed by atoms with Gasteiger partial charge in [-0.05, 0) is 45.8 Å². The van der Waals surface area contributed by atoms with Crippen molar-refractivity contribution in [3.63, 3.8) is 0 Å². The van der Waals surface area contributed by atoms with Crippen LogP contribution in [0.15, 0.2) is 45.8 Å². The third-order valence-electron chi connectivity index (χ3n) is 2.39. The Hall–Kier alpha value is -1.62. The van der Waals surface area contributed by atoms with E-state index in [1.165, 1.54) is 16.7 Å². The summed E-state index contributed by atoms with van der Waals surface area (Å²) in [6.07, 6.45) is 1.65. The van der Waals surface area contributed by atoms with Crippen molar-refractivity contribution >= 4 is 21.6 Å². The Balaban J connectivity index is 2.35. The molecule has 2 rings (SSSR count). The summed E-state index contributed by atoms with van der Waals surface area (Å²) in [5.41, 5.74) is 6.04. The molecule has 0 bridgehead atoms. The number of halogens is 2. The van der Waals surface area contributed by atoms with Gasteiger partial charge in [-0.15, -0.1) is 0 Å². The number of nitrogen functional groups attached to an aromatic ring is 1. The van der Waals surface area contributed by atoms with E-state index in [2.05, 4.69) is 15.9 Å². The van der Waals surface area contributed by atoms with Gasteiger partial charge < -0.3 is 10.3 Å². The molecule has 2 aromatic rings. The van der Waals surface area contributed by atoms with E-state index < -0.39 is 5.82 Å². The highest BCUT2D eigenvalue weighted by molar-refractivity contribution is 9.10. The first-order valence-electron chi connectivity index (χ1n) is 4.97. The molecule has 0 spiro atoms. The Morgan fingerprint density at radius 3 is 2.82 bits per heavy atom. The highest BCUT2D eigenvalue weighted by Crippen LogP contribution is 2.12. The second-order valence-electron chi connectivity index (χ2n) is 3.65. The molecule has 5 heteroatoms. The van der Waals surface area contributed by atoms with Crippen molar-refractivity contribution in [3.8, 4) is 0 Å². The summed E-state index contributed by atoms with van der Waals surface area (Å²) in [7, 11) is 0. The van der Waals surface area contributed by atoms with Crippen LogP contribution < -0.4 is 11.3 Å². The molecule has 0 aliphatic rings. The summed E-state index contributed by atoms with van der Waals surface area (Å²) in [5, 5.41) is 0. The molecule has 0 atom stereocenters. The van der Waals surface area contributed by atoms with Gasteiger partial charge in [0.1, 0.15) is 5.82 Å². The molecule has 17 heavy (non-hydrogen) atoms. The predicted octanol–water partition coefficient (Wildman–Crippen LogP) is 2.38. The van der Waals surface area contributed by atoms with Gasteiger partial charge in [-0.25, -0.2) is 4.39 Å². The standard InChI is InChI=1S/C12H10BrFN2O/c13-9-2-1-5-16(12(9)17)7-8-3-4-11(15)10(14)6-8/h1-6H,7,15H2. The van der Waals surface area contributed by atoms with E-state index >= 15 is 0 Å². The minimum atomic E-state index is -0.467. The predicted molar refractivity (Wildman–Crippen MR) is 68.3 cm³/mol. The molecule has 0 radical (unpaired) electrons. The number of aromatic nitrogens is 1. The van der Waals surface area contributed by atoms with Crippen molar-refractivity contribution < 1.29 is 4.39 Å². The van der Waals surface area contributed by atoms with E-state index in [4.69, 9.17) is 5.73 Å². The third-order valence-corrected chi connectivity index (χ3v) is 3.00. The van der Waals surface area contributed by atoms with Crippen molar-refractivity contribution in [3.05, 3.63) is 62.7 Å². The minimum Gasteiger partial charge on any atom is -0.396 e. The van der Waals surface area contributed by atoms with Gasteiger partial charge in [0.2, 0.25) is 0 Å². The molecule has 1 heterocycles. The van der Waals surface area contributed by atoms with Crippen LogP contribution in [0, 0.1) is 5.82 Å². The molecule has 1 aromatic carbocycles. The average molecular weight is 297 g/mol. The van der Waals surface area contributed by atoms with Crippen molar-refractivity contribution in [2.24, 2.45) is 0 Å². The van der Waals surface area contributed by atoms with Crippen molar-refractivity contribution in [2.45, 2.75) is 6.54 Å². The molecule has 2 N–H and O–H groups in total. The maximum atomic E-state index is 13.2. The molecule has 0 saturated carbocycles. The molecule has 0 aliphatic carbocycles. The molecule has 88 valence electrons. The lowest BCUT2D eigenvalue weighted by Gasteiger charge is -2.07. The monoisotopic (exact) mass is 296 g/mol. The maximum Gasteiger partial charge on any atom is 0.265 e. The second-order valence-corrected chi connectivity index (χ2v) is 4.50. The molecule has 0 aliphatic heterocycles. The lowest BCUT2D eigenvalue weighted by atomic mass is 10.2. The Labute approximate surface area is 106 Å². The van der Waals surface area contributed by atoms with E-state index in [-0.39, 0.29) is 11.2 Å². The number of hydrogen-bond donors (Lipinski definition) is 1. The first kappa shape index (κ1) is 11.9. The van der Waals surface area contributed by atoms with Gasteiger partial charge in [0, 0.05) is 6.20 Å². The SMILES string of the molecule is Nc1ccc(Cn2cccc(Br)c2=O)cc1F. The summed E-state index contributed by atoms with van der Waals surface area (Å²) >= 11 is 3.16. The van der Waals surface area contributed by atoms with E-state index in [0.29, 0.717) is 16.6 Å². The van der Waals surface area contributed by atoms with Crippen LogP contribution in [-0.2, 0) is 6.54 Å². The van der Waals surface area contributed by atoms with E-state index in [1.54, 1.807) is 24.4 Å². The number of pyridine rings is 1. The summed E-state index contributed by atoms with van der Waals surface area (Å²) < 4.78 is 15.2. The first-order chi connectivity index (χ1) is 8.08. The zero-order valence-corrected chi connectivity index (χ0v) is 10.4. The molecule has 0 amide bonds. The Morgan fingerprint density at radius 2 is 2.12 bits per heavy atom. The van der Waals surface area contributed by atoms with Crippen LogP contribution in [0.2, 0.25) is 0 Å². The topological polar surface area (TPSA) is 48.0 Å². The highest BCUT2D eigenvalue weighted by Gasteiger charge is 2.03.